The minimum Gasteiger partial charge on any atom is -0.459 e. The van der Waals surface area contributed by atoms with Crippen LogP contribution in [0.2, 0.25) is 0 Å². The minimum atomic E-state index is -0.0975. The van der Waals surface area contributed by atoms with Gasteiger partial charge in [-0.3, -0.25) is 0 Å². The predicted molar refractivity (Wildman–Crippen MR) is 83.0 cm³/mol. The summed E-state index contributed by atoms with van der Waals surface area (Å²) in [6, 6.07) is 10.3. The molecule has 0 spiro atoms. The Morgan fingerprint density at radius 2 is 2.00 bits per heavy atom. The molecule has 0 radical (unpaired) electrons. The number of furan rings is 1. The molecule has 1 unspecified atom stereocenters. The fourth-order valence-electron chi connectivity index (χ4n) is 2.07. The second-order valence-corrected chi connectivity index (χ2v) is 5.72. The monoisotopic (exact) mass is 275 g/mol. The maximum atomic E-state index is 6.02. The fourth-order valence-corrected chi connectivity index (χ4v) is 2.07. The van der Waals surface area contributed by atoms with Gasteiger partial charge in [0.15, 0.2) is 0 Å². The van der Waals surface area contributed by atoms with Gasteiger partial charge < -0.3 is 14.5 Å². The Hall–Kier alpha value is -1.32. The van der Waals surface area contributed by atoms with Crippen molar-refractivity contribution in [3.63, 3.8) is 0 Å². The molecule has 1 N–H and O–H groups in total. The van der Waals surface area contributed by atoms with Crippen LogP contribution in [0.3, 0.4) is 0 Å². The molecule has 0 bridgehead atoms. The van der Waals surface area contributed by atoms with Gasteiger partial charge in [-0.2, -0.15) is 0 Å². The molecule has 1 heterocycles. The highest BCUT2D eigenvalue weighted by Gasteiger charge is 2.21. The van der Waals surface area contributed by atoms with Crippen LogP contribution in [-0.4, -0.2) is 18.8 Å². The number of hydrogen-bond acceptors (Lipinski definition) is 3. The van der Waals surface area contributed by atoms with Gasteiger partial charge in [0.2, 0.25) is 0 Å². The van der Waals surface area contributed by atoms with E-state index >= 15 is 0 Å². The van der Waals surface area contributed by atoms with E-state index in [9.17, 15) is 0 Å². The molecule has 3 heteroatoms. The van der Waals surface area contributed by atoms with Crippen LogP contribution >= 0.6 is 0 Å². The average molecular weight is 275 g/mol. The van der Waals surface area contributed by atoms with Crippen LogP contribution in [0.1, 0.15) is 45.9 Å². The SMILES string of the molecule is CCNC(COC(C)(C)CC)c1cc2ccccc2o1. The molecule has 20 heavy (non-hydrogen) atoms. The average Bonchev–Trinajstić information content (AvgIpc) is 2.87. The molecule has 3 nitrogen and oxygen atoms in total. The van der Waals surface area contributed by atoms with Crippen molar-refractivity contribution in [2.75, 3.05) is 13.2 Å². The third-order valence-electron chi connectivity index (χ3n) is 3.73. The van der Waals surface area contributed by atoms with Crippen molar-refractivity contribution < 1.29 is 9.15 Å². The minimum absolute atomic E-state index is 0.0956. The molecule has 2 aromatic rings. The van der Waals surface area contributed by atoms with Crippen molar-refractivity contribution in [2.24, 2.45) is 0 Å². The highest BCUT2D eigenvalue weighted by Crippen LogP contribution is 2.25. The molecule has 0 saturated heterocycles. The van der Waals surface area contributed by atoms with E-state index in [0.717, 1.165) is 29.7 Å². The summed E-state index contributed by atoms with van der Waals surface area (Å²) in [4.78, 5) is 0. The van der Waals surface area contributed by atoms with E-state index in [2.05, 4.69) is 45.1 Å². The van der Waals surface area contributed by atoms with Gasteiger partial charge in [0.1, 0.15) is 11.3 Å². The maximum absolute atomic E-state index is 6.02. The first-order chi connectivity index (χ1) is 9.55. The van der Waals surface area contributed by atoms with Crippen molar-refractivity contribution in [1.29, 1.82) is 0 Å². The molecule has 0 fully saturated rings. The Kier molecular flexibility index (Phi) is 4.84. The van der Waals surface area contributed by atoms with E-state index < -0.39 is 0 Å². The number of ether oxygens (including phenoxy) is 1. The van der Waals surface area contributed by atoms with Crippen molar-refractivity contribution >= 4 is 11.0 Å². The predicted octanol–water partition coefficient (Wildman–Crippen LogP) is 4.29. The lowest BCUT2D eigenvalue weighted by molar-refractivity contribution is -0.0326. The molecular weight excluding hydrogens is 250 g/mol. The Balaban J connectivity index is 2.15. The van der Waals surface area contributed by atoms with Crippen molar-refractivity contribution in [3.8, 4) is 0 Å². The van der Waals surface area contributed by atoms with E-state index in [1.807, 2.05) is 18.2 Å². The zero-order valence-electron chi connectivity index (χ0n) is 12.9. The van der Waals surface area contributed by atoms with Crippen molar-refractivity contribution in [2.45, 2.75) is 45.8 Å². The molecule has 0 aliphatic rings. The van der Waals surface area contributed by atoms with Gasteiger partial charge in [-0.1, -0.05) is 32.0 Å². The molecule has 1 aromatic heterocycles. The van der Waals surface area contributed by atoms with Gasteiger partial charge >= 0.3 is 0 Å². The first-order valence-corrected chi connectivity index (χ1v) is 7.41. The van der Waals surface area contributed by atoms with Gasteiger partial charge in [-0.25, -0.2) is 0 Å². The smallest absolute Gasteiger partial charge is 0.134 e. The summed E-state index contributed by atoms with van der Waals surface area (Å²) in [5.74, 6) is 0.944. The summed E-state index contributed by atoms with van der Waals surface area (Å²) in [6.45, 7) is 9.99. The van der Waals surface area contributed by atoms with Crippen LogP contribution < -0.4 is 5.32 Å². The van der Waals surface area contributed by atoms with Crippen molar-refractivity contribution in [1.82, 2.24) is 5.32 Å². The fraction of sp³-hybridized carbons (Fsp3) is 0.529. The Morgan fingerprint density at radius 3 is 2.65 bits per heavy atom. The third-order valence-corrected chi connectivity index (χ3v) is 3.73. The summed E-state index contributed by atoms with van der Waals surface area (Å²) < 4.78 is 12.0. The van der Waals surface area contributed by atoms with E-state index in [0.29, 0.717) is 6.61 Å². The van der Waals surface area contributed by atoms with Crippen LogP contribution in [0, 0.1) is 0 Å². The Labute approximate surface area is 121 Å². The topological polar surface area (TPSA) is 34.4 Å². The maximum Gasteiger partial charge on any atom is 0.134 e. The van der Waals surface area contributed by atoms with E-state index in [1.165, 1.54) is 0 Å². The van der Waals surface area contributed by atoms with Crippen LogP contribution in [0.15, 0.2) is 34.7 Å². The lowest BCUT2D eigenvalue weighted by atomic mass is 10.1. The standard InChI is InChI=1S/C17H25NO2/c1-5-17(3,4)19-12-14(18-6-2)16-11-13-9-7-8-10-15(13)20-16/h7-11,14,18H,5-6,12H2,1-4H3. The number of likely N-dealkylation sites (N-methyl/N-ethyl adjacent to an activating group) is 1. The highest BCUT2D eigenvalue weighted by molar-refractivity contribution is 5.77. The summed E-state index contributed by atoms with van der Waals surface area (Å²) in [5.41, 5.74) is 0.833. The molecule has 0 aliphatic carbocycles. The van der Waals surface area contributed by atoms with E-state index in [-0.39, 0.29) is 11.6 Å². The summed E-state index contributed by atoms with van der Waals surface area (Å²) in [7, 11) is 0. The molecule has 0 amide bonds. The molecule has 1 aromatic carbocycles. The number of nitrogens with one attached hydrogen (secondary N) is 1. The van der Waals surface area contributed by atoms with Crippen molar-refractivity contribution in [3.05, 3.63) is 36.1 Å². The van der Waals surface area contributed by atoms with Gasteiger partial charge in [0, 0.05) is 5.39 Å². The van der Waals surface area contributed by atoms with Crippen LogP contribution in [-0.2, 0) is 4.74 Å². The number of rotatable bonds is 7. The lowest BCUT2D eigenvalue weighted by Gasteiger charge is -2.26. The van der Waals surface area contributed by atoms with Crippen LogP contribution in [0.4, 0.5) is 0 Å². The Morgan fingerprint density at radius 1 is 1.25 bits per heavy atom. The molecular formula is C17H25NO2. The Bertz CT molecular complexity index is 512. The van der Waals surface area contributed by atoms with E-state index in [4.69, 9.17) is 9.15 Å². The van der Waals surface area contributed by atoms with Gasteiger partial charge in [-0.15, -0.1) is 0 Å². The molecule has 1 atom stereocenters. The molecule has 110 valence electrons. The molecule has 0 saturated carbocycles. The first kappa shape index (κ1) is 15.1. The summed E-state index contributed by atoms with van der Waals surface area (Å²) >= 11 is 0. The quantitative estimate of drug-likeness (QED) is 0.818. The second kappa shape index (κ2) is 6.42. The lowest BCUT2D eigenvalue weighted by Crippen LogP contribution is -2.31. The third kappa shape index (κ3) is 3.62. The number of benzene rings is 1. The highest BCUT2D eigenvalue weighted by atomic mass is 16.5. The zero-order valence-corrected chi connectivity index (χ0v) is 12.9. The first-order valence-electron chi connectivity index (χ1n) is 7.41. The number of hydrogen-bond donors (Lipinski definition) is 1. The number of fused-ring (bicyclic) bond motifs is 1. The largest absolute Gasteiger partial charge is 0.459 e. The van der Waals surface area contributed by atoms with Gasteiger partial charge in [0.05, 0.1) is 18.2 Å². The van der Waals surface area contributed by atoms with Crippen LogP contribution in [0.5, 0.6) is 0 Å². The zero-order chi connectivity index (χ0) is 14.6. The summed E-state index contributed by atoms with van der Waals surface area (Å²) in [5, 5.41) is 4.58. The normalized spacial score (nSPS) is 13.8. The van der Waals surface area contributed by atoms with Gasteiger partial charge in [-0.05, 0) is 38.9 Å². The van der Waals surface area contributed by atoms with Crippen LogP contribution in [0.25, 0.3) is 11.0 Å². The molecule has 0 aliphatic heterocycles. The molecule has 2 rings (SSSR count). The second-order valence-electron chi connectivity index (χ2n) is 5.72. The summed E-state index contributed by atoms with van der Waals surface area (Å²) in [6.07, 6.45) is 0.992. The van der Waals surface area contributed by atoms with E-state index in [1.54, 1.807) is 0 Å². The van der Waals surface area contributed by atoms with Gasteiger partial charge in [0.25, 0.3) is 0 Å². The number of para-hydroxylation sites is 1.